The van der Waals surface area contributed by atoms with Crippen molar-refractivity contribution in [3.05, 3.63) is 74.7 Å². The summed E-state index contributed by atoms with van der Waals surface area (Å²) in [5.41, 5.74) is 3.06. The predicted octanol–water partition coefficient (Wildman–Crippen LogP) is 5.96. The zero-order valence-electron chi connectivity index (χ0n) is 20.6. The fraction of sp³-hybridized carbons (Fsp3) is 0.357. The first-order valence-corrected chi connectivity index (χ1v) is 14.8. The lowest BCUT2D eigenvalue weighted by atomic mass is 9.79. The molecule has 3 aliphatic rings. The second-order valence-corrected chi connectivity index (χ2v) is 12.0. The number of rotatable bonds is 5. The molecule has 7 rings (SSSR count). The molecule has 38 heavy (non-hydrogen) atoms. The van der Waals surface area contributed by atoms with Crippen molar-refractivity contribution >= 4 is 51.0 Å². The first kappa shape index (κ1) is 23.7. The Morgan fingerprint density at radius 3 is 2.87 bits per heavy atom. The molecule has 0 spiro atoms. The molecule has 8 nitrogen and oxygen atoms in total. The van der Waals surface area contributed by atoms with Gasteiger partial charge in [-0.3, -0.25) is 9.59 Å². The Morgan fingerprint density at radius 1 is 1.16 bits per heavy atom. The number of amides is 1. The summed E-state index contributed by atoms with van der Waals surface area (Å²) in [7, 11) is 0. The number of carbonyl (C=O) groups excluding carboxylic acids is 1. The molecule has 1 fully saturated rings. The summed E-state index contributed by atoms with van der Waals surface area (Å²) >= 11 is 2.86. The number of aromatic amines is 1. The third-order valence-corrected chi connectivity index (χ3v) is 9.63. The standard InChI is InChI=1S/C28H26N4O4S2/c33-22(15-37-28-29-26(34)23-18-8-1-2-11-21(18)38-27(23)30-28)32-25(20-10-5-13-36-20)19-9-3-6-16(24(19)31-32)14-17-7-4-12-35-17/h4-5,7,10,12-14,19,25H,1-3,6,8-9,11,15H2,(H,29,30,34)/b16-14-. The van der Waals surface area contributed by atoms with Crippen molar-refractivity contribution in [2.24, 2.45) is 11.0 Å². The van der Waals surface area contributed by atoms with Gasteiger partial charge in [0.05, 0.1) is 29.4 Å². The summed E-state index contributed by atoms with van der Waals surface area (Å²) < 4.78 is 11.3. The molecule has 2 unspecified atom stereocenters. The van der Waals surface area contributed by atoms with E-state index in [1.54, 1.807) is 28.9 Å². The van der Waals surface area contributed by atoms with Crippen LogP contribution in [-0.4, -0.2) is 32.3 Å². The van der Waals surface area contributed by atoms with E-state index in [4.69, 9.17) is 18.9 Å². The largest absolute Gasteiger partial charge is 0.467 e. The number of hydrogen-bond donors (Lipinski definition) is 1. The number of allylic oxidation sites excluding steroid dienone is 1. The lowest BCUT2D eigenvalue weighted by Gasteiger charge is -2.27. The van der Waals surface area contributed by atoms with Gasteiger partial charge in [0.15, 0.2) is 5.16 Å². The van der Waals surface area contributed by atoms with Crippen molar-refractivity contribution in [1.29, 1.82) is 0 Å². The molecular weight excluding hydrogens is 520 g/mol. The first-order chi connectivity index (χ1) is 18.7. The van der Waals surface area contributed by atoms with Crippen LogP contribution in [0.1, 0.15) is 60.1 Å². The molecule has 1 N–H and O–H groups in total. The van der Waals surface area contributed by atoms with E-state index in [9.17, 15) is 9.59 Å². The van der Waals surface area contributed by atoms with Crippen LogP contribution in [0.15, 0.2) is 66.3 Å². The van der Waals surface area contributed by atoms with Gasteiger partial charge in [-0.15, -0.1) is 11.3 Å². The molecule has 1 saturated carbocycles. The summed E-state index contributed by atoms with van der Waals surface area (Å²) in [5, 5.41) is 7.63. The molecule has 4 aromatic heterocycles. The van der Waals surface area contributed by atoms with Crippen molar-refractivity contribution < 1.29 is 13.6 Å². The maximum atomic E-state index is 13.6. The zero-order chi connectivity index (χ0) is 25.6. The summed E-state index contributed by atoms with van der Waals surface area (Å²) in [4.78, 5) is 36.2. The van der Waals surface area contributed by atoms with Crippen molar-refractivity contribution in [3.8, 4) is 0 Å². The van der Waals surface area contributed by atoms with Crippen LogP contribution in [0.25, 0.3) is 16.3 Å². The van der Waals surface area contributed by atoms with E-state index < -0.39 is 0 Å². The zero-order valence-corrected chi connectivity index (χ0v) is 22.3. The molecule has 4 aromatic rings. The number of H-pyrrole nitrogens is 1. The summed E-state index contributed by atoms with van der Waals surface area (Å²) in [5.74, 6) is 1.51. The first-order valence-electron chi connectivity index (χ1n) is 13.0. The van der Waals surface area contributed by atoms with E-state index in [0.29, 0.717) is 5.16 Å². The molecule has 194 valence electrons. The topological polar surface area (TPSA) is 105 Å². The van der Waals surface area contributed by atoms with Crippen molar-refractivity contribution in [2.45, 2.75) is 56.1 Å². The molecule has 1 amide bonds. The number of aromatic nitrogens is 2. The van der Waals surface area contributed by atoms with E-state index in [-0.39, 0.29) is 29.2 Å². The number of fused-ring (bicyclic) bond motifs is 4. The van der Waals surface area contributed by atoms with Gasteiger partial charge in [0.25, 0.3) is 11.5 Å². The Bertz CT molecular complexity index is 1610. The van der Waals surface area contributed by atoms with Gasteiger partial charge in [0, 0.05) is 10.8 Å². The van der Waals surface area contributed by atoms with Crippen LogP contribution in [0.3, 0.4) is 0 Å². The minimum absolute atomic E-state index is 0.0526. The fourth-order valence-electron chi connectivity index (χ4n) is 5.90. The van der Waals surface area contributed by atoms with Crippen LogP contribution in [0, 0.1) is 5.92 Å². The summed E-state index contributed by atoms with van der Waals surface area (Å²) in [6.07, 6.45) is 12.3. The minimum atomic E-state index is -0.299. The third-order valence-electron chi connectivity index (χ3n) is 7.59. The molecule has 5 heterocycles. The van der Waals surface area contributed by atoms with Crippen molar-refractivity contribution in [2.75, 3.05) is 5.75 Å². The highest BCUT2D eigenvalue weighted by molar-refractivity contribution is 7.99. The Kier molecular flexibility index (Phi) is 6.08. The average Bonchev–Trinajstić information content (AvgIpc) is 3.72. The van der Waals surface area contributed by atoms with Crippen molar-refractivity contribution in [1.82, 2.24) is 15.0 Å². The predicted molar refractivity (Wildman–Crippen MR) is 147 cm³/mol. The molecule has 10 heteroatoms. The number of thioether (sulfide) groups is 1. The highest BCUT2D eigenvalue weighted by Gasteiger charge is 2.45. The quantitative estimate of drug-likeness (QED) is 0.244. The van der Waals surface area contributed by atoms with Crippen LogP contribution in [0.4, 0.5) is 0 Å². The van der Waals surface area contributed by atoms with E-state index in [1.165, 1.54) is 16.6 Å². The molecule has 1 aliphatic heterocycles. The van der Waals surface area contributed by atoms with E-state index in [1.807, 2.05) is 30.3 Å². The number of hydrazone groups is 1. The van der Waals surface area contributed by atoms with Crippen LogP contribution in [0.2, 0.25) is 0 Å². The Morgan fingerprint density at radius 2 is 2.03 bits per heavy atom. The van der Waals surface area contributed by atoms with Crippen LogP contribution < -0.4 is 5.56 Å². The maximum Gasteiger partial charge on any atom is 0.260 e. The van der Waals surface area contributed by atoms with Crippen molar-refractivity contribution in [3.63, 3.8) is 0 Å². The lowest BCUT2D eigenvalue weighted by Crippen LogP contribution is -2.32. The highest BCUT2D eigenvalue weighted by atomic mass is 32.2. The maximum absolute atomic E-state index is 13.6. The molecule has 2 atom stereocenters. The van der Waals surface area contributed by atoms with Crippen LogP contribution >= 0.6 is 23.1 Å². The van der Waals surface area contributed by atoms with E-state index in [0.717, 1.165) is 83.5 Å². The fourth-order valence-corrected chi connectivity index (χ4v) is 7.93. The second kappa shape index (κ2) is 9.74. The number of hydrogen-bond acceptors (Lipinski definition) is 8. The molecule has 2 aliphatic carbocycles. The molecular formula is C28H26N4O4S2. The minimum Gasteiger partial charge on any atom is -0.467 e. The van der Waals surface area contributed by atoms with E-state index in [2.05, 4.69) is 4.98 Å². The van der Waals surface area contributed by atoms with Gasteiger partial charge in [0.2, 0.25) is 0 Å². The lowest BCUT2D eigenvalue weighted by molar-refractivity contribution is -0.131. The van der Waals surface area contributed by atoms with Gasteiger partial charge in [-0.05, 0) is 86.4 Å². The monoisotopic (exact) mass is 546 g/mol. The molecule has 0 radical (unpaired) electrons. The average molecular weight is 547 g/mol. The summed E-state index contributed by atoms with van der Waals surface area (Å²) in [6, 6.07) is 7.24. The summed E-state index contributed by atoms with van der Waals surface area (Å²) in [6.45, 7) is 0. The number of nitrogens with zero attached hydrogens (tertiary/aromatic N) is 3. The number of thiophene rings is 1. The van der Waals surface area contributed by atoms with Crippen LogP contribution in [0.5, 0.6) is 0 Å². The van der Waals surface area contributed by atoms with Gasteiger partial charge in [-0.1, -0.05) is 11.8 Å². The molecule has 0 bridgehead atoms. The number of nitrogens with one attached hydrogen (secondary N) is 1. The Hall–Kier alpha value is -3.37. The SMILES string of the molecule is O=C(CSc1nc2sc3c(c2c(=O)[nH]1)CCCC3)N1N=C2/C(=C\c3ccco3)CCCC2C1c1ccco1. The number of furan rings is 2. The second-order valence-electron chi connectivity index (χ2n) is 9.92. The van der Waals surface area contributed by atoms with Gasteiger partial charge >= 0.3 is 0 Å². The van der Waals surface area contributed by atoms with Gasteiger partial charge in [-0.2, -0.15) is 5.10 Å². The van der Waals surface area contributed by atoms with Crippen LogP contribution in [-0.2, 0) is 17.6 Å². The normalized spacial score (nSPS) is 22.1. The van der Waals surface area contributed by atoms with E-state index >= 15 is 0 Å². The number of aryl methyl sites for hydroxylation is 2. The van der Waals surface area contributed by atoms with Gasteiger partial charge < -0.3 is 13.8 Å². The van der Waals surface area contributed by atoms with Gasteiger partial charge in [-0.25, -0.2) is 9.99 Å². The molecule has 0 aromatic carbocycles. The Labute approximate surface area is 226 Å². The highest BCUT2D eigenvalue weighted by Crippen LogP contribution is 2.45. The smallest absolute Gasteiger partial charge is 0.260 e. The van der Waals surface area contributed by atoms with Gasteiger partial charge in [0.1, 0.15) is 22.4 Å². The number of carbonyl (C=O) groups is 1. The molecule has 0 saturated heterocycles. The third kappa shape index (κ3) is 4.16. The Balaban J connectivity index is 1.16.